The molecular formula is C26H22N2O2. The highest BCUT2D eigenvalue weighted by atomic mass is 16.2. The van der Waals surface area contributed by atoms with E-state index in [2.05, 4.69) is 11.8 Å². The molecule has 4 nitrogen and oxygen atoms in total. The quantitative estimate of drug-likeness (QED) is 0.587. The van der Waals surface area contributed by atoms with Gasteiger partial charge in [0.05, 0.1) is 17.6 Å². The van der Waals surface area contributed by atoms with E-state index >= 15 is 0 Å². The number of carbonyl (C=O) groups is 2. The van der Waals surface area contributed by atoms with Crippen LogP contribution >= 0.6 is 0 Å². The summed E-state index contributed by atoms with van der Waals surface area (Å²) in [6.07, 6.45) is 0.217. The Kier molecular flexibility index (Phi) is 5.12. The predicted molar refractivity (Wildman–Crippen MR) is 118 cm³/mol. The van der Waals surface area contributed by atoms with Gasteiger partial charge in [-0.15, -0.1) is 0 Å². The Hall–Kier alpha value is -3.84. The molecule has 30 heavy (non-hydrogen) atoms. The first kappa shape index (κ1) is 19.5. The Morgan fingerprint density at radius 1 is 0.767 bits per heavy atom. The highest BCUT2D eigenvalue weighted by molar-refractivity contribution is 6.16. The van der Waals surface area contributed by atoms with Gasteiger partial charge in [0.1, 0.15) is 0 Å². The minimum absolute atomic E-state index is 0.215. The standard InChI is InChI=1S/C26H22N2O2/c1-26(22-11-7-4-8-12-22)19-24(29)28(25(30)27(26)2)23-17-15-21(16-18-23)14-13-20-9-5-3-6-10-20/h3-12,15-18H,19H2,1-2H3. The van der Waals surface area contributed by atoms with Crippen LogP contribution in [0.15, 0.2) is 84.9 Å². The number of amides is 3. The van der Waals surface area contributed by atoms with Gasteiger partial charge >= 0.3 is 6.03 Å². The van der Waals surface area contributed by atoms with E-state index in [1.165, 1.54) is 4.90 Å². The van der Waals surface area contributed by atoms with Crippen LogP contribution in [0.4, 0.5) is 10.5 Å². The van der Waals surface area contributed by atoms with Crippen LogP contribution in [-0.4, -0.2) is 23.9 Å². The highest BCUT2D eigenvalue weighted by Gasteiger charge is 2.46. The van der Waals surface area contributed by atoms with Crippen molar-refractivity contribution in [3.63, 3.8) is 0 Å². The van der Waals surface area contributed by atoms with E-state index in [0.29, 0.717) is 5.69 Å². The molecule has 4 rings (SSSR count). The van der Waals surface area contributed by atoms with E-state index in [4.69, 9.17) is 0 Å². The Morgan fingerprint density at radius 2 is 1.30 bits per heavy atom. The molecule has 0 aromatic heterocycles. The minimum atomic E-state index is -0.674. The molecule has 0 radical (unpaired) electrons. The van der Waals surface area contributed by atoms with Gasteiger partial charge in [-0.25, -0.2) is 9.69 Å². The maximum atomic E-state index is 13.1. The fourth-order valence-electron chi connectivity index (χ4n) is 3.67. The van der Waals surface area contributed by atoms with Crippen molar-refractivity contribution in [2.45, 2.75) is 18.9 Å². The monoisotopic (exact) mass is 394 g/mol. The number of rotatable bonds is 2. The fraction of sp³-hybridized carbons (Fsp3) is 0.154. The lowest BCUT2D eigenvalue weighted by Gasteiger charge is -2.45. The number of nitrogens with zero attached hydrogens (tertiary/aromatic N) is 2. The summed E-state index contributed by atoms with van der Waals surface area (Å²) in [7, 11) is 1.74. The van der Waals surface area contributed by atoms with Crippen LogP contribution in [0, 0.1) is 11.8 Å². The number of imide groups is 1. The second kappa shape index (κ2) is 7.88. The number of urea groups is 1. The molecule has 3 amide bonds. The third-order valence-corrected chi connectivity index (χ3v) is 5.61. The molecule has 0 N–H and O–H groups in total. The molecule has 148 valence electrons. The molecule has 4 heteroatoms. The molecule has 0 saturated carbocycles. The third-order valence-electron chi connectivity index (χ3n) is 5.61. The molecule has 1 heterocycles. The van der Waals surface area contributed by atoms with E-state index in [1.807, 2.05) is 79.7 Å². The van der Waals surface area contributed by atoms with Crippen LogP contribution in [0.5, 0.6) is 0 Å². The average Bonchev–Trinajstić information content (AvgIpc) is 2.78. The molecule has 1 aliphatic rings. The largest absolute Gasteiger partial charge is 0.331 e. The molecule has 1 unspecified atom stereocenters. The van der Waals surface area contributed by atoms with Gasteiger partial charge in [0.15, 0.2) is 0 Å². The molecule has 1 aliphatic heterocycles. The van der Waals surface area contributed by atoms with Crippen LogP contribution in [0.25, 0.3) is 0 Å². The Labute approximate surface area is 176 Å². The van der Waals surface area contributed by atoms with E-state index in [0.717, 1.165) is 16.7 Å². The first-order valence-electron chi connectivity index (χ1n) is 9.82. The molecular weight excluding hydrogens is 372 g/mol. The third kappa shape index (κ3) is 3.58. The van der Waals surface area contributed by atoms with Crippen molar-refractivity contribution in [2.24, 2.45) is 0 Å². The van der Waals surface area contributed by atoms with Gasteiger partial charge in [-0.3, -0.25) is 4.79 Å². The molecule has 3 aromatic rings. The summed E-state index contributed by atoms with van der Waals surface area (Å²) >= 11 is 0. The zero-order valence-corrected chi connectivity index (χ0v) is 17.0. The second-order valence-electron chi connectivity index (χ2n) is 7.55. The lowest BCUT2D eigenvalue weighted by atomic mass is 9.85. The van der Waals surface area contributed by atoms with Crippen molar-refractivity contribution in [1.82, 2.24) is 4.90 Å². The topological polar surface area (TPSA) is 40.6 Å². The van der Waals surface area contributed by atoms with Crippen LogP contribution < -0.4 is 4.90 Å². The van der Waals surface area contributed by atoms with Gasteiger partial charge in [-0.05, 0) is 48.9 Å². The van der Waals surface area contributed by atoms with Crippen molar-refractivity contribution in [1.29, 1.82) is 0 Å². The zero-order chi connectivity index (χ0) is 21.1. The Bertz CT molecular complexity index is 1130. The summed E-state index contributed by atoms with van der Waals surface area (Å²) in [5.41, 5.74) is 2.58. The van der Waals surface area contributed by atoms with Gasteiger partial charge in [0.2, 0.25) is 5.91 Å². The fourth-order valence-corrected chi connectivity index (χ4v) is 3.67. The first-order valence-corrected chi connectivity index (χ1v) is 9.82. The van der Waals surface area contributed by atoms with Crippen LogP contribution in [0.2, 0.25) is 0 Å². The van der Waals surface area contributed by atoms with Gasteiger partial charge in [0.25, 0.3) is 0 Å². The number of hydrogen-bond donors (Lipinski definition) is 0. The van der Waals surface area contributed by atoms with E-state index in [1.54, 1.807) is 24.1 Å². The molecule has 1 atom stereocenters. The summed E-state index contributed by atoms with van der Waals surface area (Å²) in [5.74, 6) is 6.00. The minimum Gasteiger partial charge on any atom is -0.317 e. The Balaban J connectivity index is 1.57. The van der Waals surface area contributed by atoms with Gasteiger partial charge in [-0.1, -0.05) is 60.4 Å². The molecule has 1 saturated heterocycles. The van der Waals surface area contributed by atoms with E-state index in [9.17, 15) is 9.59 Å². The van der Waals surface area contributed by atoms with Crippen molar-refractivity contribution >= 4 is 17.6 Å². The maximum Gasteiger partial charge on any atom is 0.331 e. The lowest BCUT2D eigenvalue weighted by Crippen LogP contribution is -2.59. The van der Waals surface area contributed by atoms with Crippen LogP contribution in [0.3, 0.4) is 0 Å². The van der Waals surface area contributed by atoms with Crippen LogP contribution in [-0.2, 0) is 10.3 Å². The summed E-state index contributed by atoms with van der Waals surface area (Å²) in [6, 6.07) is 26.3. The van der Waals surface area contributed by atoms with Crippen molar-refractivity contribution in [2.75, 3.05) is 11.9 Å². The van der Waals surface area contributed by atoms with Gasteiger partial charge in [-0.2, -0.15) is 0 Å². The van der Waals surface area contributed by atoms with Crippen LogP contribution in [0.1, 0.15) is 30.0 Å². The Morgan fingerprint density at radius 3 is 1.90 bits per heavy atom. The molecule has 3 aromatic carbocycles. The summed E-state index contributed by atoms with van der Waals surface area (Å²) < 4.78 is 0. The molecule has 0 spiro atoms. The molecule has 0 bridgehead atoms. The summed E-state index contributed by atoms with van der Waals surface area (Å²) in [5, 5.41) is 0. The number of benzene rings is 3. The SMILES string of the molecule is CN1C(=O)N(c2ccc(C#Cc3ccccc3)cc2)C(=O)CC1(C)c1ccccc1. The highest BCUT2D eigenvalue weighted by Crippen LogP contribution is 2.37. The van der Waals surface area contributed by atoms with E-state index in [-0.39, 0.29) is 18.4 Å². The molecule has 0 aliphatic carbocycles. The van der Waals surface area contributed by atoms with Crippen molar-refractivity contribution in [3.05, 3.63) is 102 Å². The first-order chi connectivity index (χ1) is 14.5. The van der Waals surface area contributed by atoms with E-state index < -0.39 is 5.54 Å². The van der Waals surface area contributed by atoms with Crippen molar-refractivity contribution in [3.8, 4) is 11.8 Å². The van der Waals surface area contributed by atoms with Crippen molar-refractivity contribution < 1.29 is 9.59 Å². The normalized spacial score (nSPS) is 18.7. The second-order valence-corrected chi connectivity index (χ2v) is 7.55. The zero-order valence-electron chi connectivity index (χ0n) is 17.0. The maximum absolute atomic E-state index is 13.1. The number of carbonyl (C=O) groups excluding carboxylic acids is 2. The smallest absolute Gasteiger partial charge is 0.317 e. The van der Waals surface area contributed by atoms with Gasteiger partial charge < -0.3 is 4.90 Å². The number of hydrogen-bond acceptors (Lipinski definition) is 2. The lowest BCUT2D eigenvalue weighted by molar-refractivity contribution is -0.122. The molecule has 1 fully saturated rings. The number of anilines is 1. The average molecular weight is 394 g/mol. The van der Waals surface area contributed by atoms with Gasteiger partial charge in [0, 0.05) is 18.2 Å². The predicted octanol–water partition coefficient (Wildman–Crippen LogP) is 4.79. The summed E-state index contributed by atoms with van der Waals surface area (Å²) in [6.45, 7) is 1.93. The summed E-state index contributed by atoms with van der Waals surface area (Å²) in [4.78, 5) is 29.0.